The van der Waals surface area contributed by atoms with Crippen LogP contribution in [0.25, 0.3) is 11.1 Å². The quantitative estimate of drug-likeness (QED) is 0.341. The molecule has 0 bridgehead atoms. The van der Waals surface area contributed by atoms with Gasteiger partial charge in [-0.15, -0.1) is 0 Å². The van der Waals surface area contributed by atoms with Gasteiger partial charge in [-0.25, -0.2) is 4.79 Å². The molecule has 0 saturated carbocycles. The Kier molecular flexibility index (Phi) is 9.57. The average Bonchev–Trinajstić information content (AvgIpc) is 2.83. The maximum atomic E-state index is 13.1. The number of rotatable bonds is 11. The fraction of sp³-hybridized carbons (Fsp3) is 0.259. The highest BCUT2D eigenvalue weighted by Gasteiger charge is 2.22. The first-order valence-electron chi connectivity index (χ1n) is 10.9. The normalized spacial score (nSPS) is 11.7. The van der Waals surface area contributed by atoms with Gasteiger partial charge in [0.2, 0.25) is 0 Å². The third-order valence-corrected chi connectivity index (χ3v) is 6.47. The number of carbonyl (C=O) groups is 2. The number of aliphatic carboxylic acids is 1. The summed E-state index contributed by atoms with van der Waals surface area (Å²) in [7, 11) is 0. The highest BCUT2D eigenvalue weighted by molar-refractivity contribution is 7.98. The van der Waals surface area contributed by atoms with Gasteiger partial charge >= 0.3 is 5.97 Å². The molecule has 1 atom stereocenters. The van der Waals surface area contributed by atoms with Crippen LogP contribution in [-0.2, 0) is 22.7 Å². The van der Waals surface area contributed by atoms with Crippen molar-refractivity contribution in [2.45, 2.75) is 32.6 Å². The number of carboxylic acids is 1. The first-order valence-corrected chi connectivity index (χ1v) is 12.7. The lowest BCUT2D eigenvalue weighted by Gasteiger charge is -2.18. The standard InChI is InChI=1S/C27H28ClNO4S/c1-18-7-3-5-9-21(18)23-15-19(16-33-17-20-8-4-6-10-24(20)28)11-12-22(23)26(30)29-25(27(31)32)13-14-34-2/h3-12,15,25H,13-14,16-17H2,1-2H3,(H,29,30)(H,31,32). The second-order valence-electron chi connectivity index (χ2n) is 7.92. The lowest BCUT2D eigenvalue weighted by Crippen LogP contribution is -2.41. The van der Waals surface area contributed by atoms with E-state index < -0.39 is 17.9 Å². The van der Waals surface area contributed by atoms with Crippen molar-refractivity contribution >= 4 is 35.2 Å². The third-order valence-electron chi connectivity index (χ3n) is 5.46. The molecule has 3 aromatic rings. The molecule has 2 N–H and O–H groups in total. The van der Waals surface area contributed by atoms with Crippen LogP contribution in [0.2, 0.25) is 5.02 Å². The van der Waals surface area contributed by atoms with Crippen LogP contribution in [0.1, 0.15) is 33.5 Å². The van der Waals surface area contributed by atoms with E-state index in [2.05, 4.69) is 5.32 Å². The zero-order valence-electron chi connectivity index (χ0n) is 19.2. The van der Waals surface area contributed by atoms with E-state index in [0.29, 0.717) is 36.0 Å². The number of thioether (sulfide) groups is 1. The summed E-state index contributed by atoms with van der Waals surface area (Å²) in [4.78, 5) is 24.8. The van der Waals surface area contributed by atoms with Crippen LogP contribution >= 0.6 is 23.4 Å². The van der Waals surface area contributed by atoms with Gasteiger partial charge in [-0.05, 0) is 71.4 Å². The summed E-state index contributed by atoms with van der Waals surface area (Å²) in [5, 5.41) is 12.9. The number of carbonyl (C=O) groups excluding carboxylic acids is 1. The van der Waals surface area contributed by atoms with Crippen molar-refractivity contribution in [1.82, 2.24) is 5.32 Å². The number of hydrogen-bond acceptors (Lipinski definition) is 4. The van der Waals surface area contributed by atoms with Crippen molar-refractivity contribution in [1.29, 1.82) is 0 Å². The van der Waals surface area contributed by atoms with E-state index in [1.165, 1.54) is 0 Å². The van der Waals surface area contributed by atoms with Crippen LogP contribution < -0.4 is 5.32 Å². The summed E-state index contributed by atoms with van der Waals surface area (Å²) >= 11 is 7.76. The van der Waals surface area contributed by atoms with E-state index in [1.807, 2.05) is 73.8 Å². The van der Waals surface area contributed by atoms with Gasteiger partial charge in [-0.3, -0.25) is 4.79 Å². The van der Waals surface area contributed by atoms with Crippen LogP contribution in [0.3, 0.4) is 0 Å². The molecule has 0 aliphatic rings. The van der Waals surface area contributed by atoms with E-state index in [0.717, 1.165) is 27.8 Å². The van der Waals surface area contributed by atoms with Gasteiger partial charge in [-0.1, -0.05) is 60.1 Å². The number of hydrogen-bond donors (Lipinski definition) is 2. The minimum atomic E-state index is -1.04. The minimum absolute atomic E-state index is 0.345. The average molecular weight is 498 g/mol. The van der Waals surface area contributed by atoms with E-state index in [1.54, 1.807) is 17.8 Å². The molecule has 0 fully saturated rings. The van der Waals surface area contributed by atoms with Crippen LogP contribution in [-0.4, -0.2) is 35.0 Å². The van der Waals surface area contributed by atoms with Gasteiger partial charge in [-0.2, -0.15) is 11.8 Å². The predicted octanol–water partition coefficient (Wildman–Crippen LogP) is 5.97. The van der Waals surface area contributed by atoms with Gasteiger partial charge in [0.1, 0.15) is 6.04 Å². The SMILES string of the molecule is CSCCC(NC(=O)c1ccc(COCc2ccccc2Cl)cc1-c1ccccc1C)C(=O)O. The zero-order chi connectivity index (χ0) is 24.5. The van der Waals surface area contributed by atoms with Crippen molar-refractivity contribution < 1.29 is 19.4 Å². The molecule has 0 heterocycles. The Labute approximate surface area is 209 Å². The topological polar surface area (TPSA) is 75.6 Å². The van der Waals surface area contributed by atoms with Gasteiger partial charge in [0.25, 0.3) is 5.91 Å². The fourth-order valence-electron chi connectivity index (χ4n) is 3.60. The lowest BCUT2D eigenvalue weighted by molar-refractivity contribution is -0.139. The number of carboxylic acid groups (broad SMARTS) is 1. The Morgan fingerprint density at radius 1 is 1.03 bits per heavy atom. The Hall–Kier alpha value is -2.80. The maximum absolute atomic E-state index is 13.1. The highest BCUT2D eigenvalue weighted by Crippen LogP contribution is 2.29. The second-order valence-corrected chi connectivity index (χ2v) is 9.32. The number of nitrogens with one attached hydrogen (secondary N) is 1. The van der Waals surface area contributed by atoms with Gasteiger partial charge in [0.15, 0.2) is 0 Å². The van der Waals surface area contributed by atoms with Gasteiger partial charge < -0.3 is 15.2 Å². The van der Waals surface area contributed by atoms with Crippen LogP contribution in [0.5, 0.6) is 0 Å². The summed E-state index contributed by atoms with van der Waals surface area (Å²) in [5.74, 6) is -0.802. The third kappa shape index (κ3) is 6.86. The molecule has 0 aliphatic heterocycles. The zero-order valence-corrected chi connectivity index (χ0v) is 20.8. The molecule has 0 spiro atoms. The molecule has 0 aromatic heterocycles. The highest BCUT2D eigenvalue weighted by atomic mass is 35.5. The van der Waals surface area contributed by atoms with Crippen molar-refractivity contribution in [2.75, 3.05) is 12.0 Å². The van der Waals surface area contributed by atoms with Crippen LogP contribution in [0.15, 0.2) is 66.7 Å². The van der Waals surface area contributed by atoms with Crippen molar-refractivity contribution in [3.8, 4) is 11.1 Å². The summed E-state index contributed by atoms with van der Waals surface area (Å²) in [6, 6.07) is 19.9. The first kappa shape index (κ1) is 25.8. The molecule has 1 unspecified atom stereocenters. The van der Waals surface area contributed by atoms with E-state index in [9.17, 15) is 14.7 Å². The van der Waals surface area contributed by atoms with Gasteiger partial charge in [0.05, 0.1) is 13.2 Å². The molecule has 5 nitrogen and oxygen atoms in total. The Morgan fingerprint density at radius 3 is 2.47 bits per heavy atom. The molecular formula is C27H28ClNO4S. The Morgan fingerprint density at radius 2 is 1.76 bits per heavy atom. The molecular weight excluding hydrogens is 470 g/mol. The fourth-order valence-corrected chi connectivity index (χ4v) is 4.26. The molecule has 34 heavy (non-hydrogen) atoms. The number of amides is 1. The number of aryl methyl sites for hydroxylation is 1. The first-order chi connectivity index (χ1) is 16.4. The number of halogens is 1. The Bertz CT molecular complexity index is 1150. The molecule has 3 aromatic carbocycles. The smallest absolute Gasteiger partial charge is 0.326 e. The molecule has 0 radical (unpaired) electrons. The van der Waals surface area contributed by atoms with Crippen LogP contribution in [0, 0.1) is 6.92 Å². The van der Waals surface area contributed by atoms with Crippen LogP contribution in [0.4, 0.5) is 0 Å². The maximum Gasteiger partial charge on any atom is 0.326 e. The van der Waals surface area contributed by atoms with E-state index in [-0.39, 0.29) is 0 Å². The second kappa shape index (κ2) is 12.6. The van der Waals surface area contributed by atoms with Crippen molar-refractivity contribution in [3.63, 3.8) is 0 Å². The molecule has 3 rings (SSSR count). The van der Waals surface area contributed by atoms with E-state index in [4.69, 9.17) is 16.3 Å². The molecule has 1 amide bonds. The van der Waals surface area contributed by atoms with Crippen molar-refractivity contribution in [3.05, 3.63) is 94.0 Å². The number of ether oxygens (including phenoxy) is 1. The van der Waals surface area contributed by atoms with E-state index >= 15 is 0 Å². The summed E-state index contributed by atoms with van der Waals surface area (Å²) in [6.45, 7) is 2.70. The molecule has 0 aliphatic carbocycles. The Balaban J connectivity index is 1.86. The molecule has 178 valence electrons. The van der Waals surface area contributed by atoms with Gasteiger partial charge in [0, 0.05) is 10.6 Å². The molecule has 0 saturated heterocycles. The minimum Gasteiger partial charge on any atom is -0.480 e. The monoisotopic (exact) mass is 497 g/mol. The lowest BCUT2D eigenvalue weighted by atomic mass is 9.93. The van der Waals surface area contributed by atoms with Crippen molar-refractivity contribution in [2.24, 2.45) is 0 Å². The number of benzene rings is 3. The predicted molar refractivity (Wildman–Crippen MR) is 138 cm³/mol. The summed E-state index contributed by atoms with van der Waals surface area (Å²) < 4.78 is 5.88. The largest absolute Gasteiger partial charge is 0.480 e. The molecule has 7 heteroatoms. The summed E-state index contributed by atoms with van der Waals surface area (Å²) in [6.07, 6.45) is 2.26. The summed E-state index contributed by atoms with van der Waals surface area (Å²) in [5.41, 5.74) is 4.91.